The summed E-state index contributed by atoms with van der Waals surface area (Å²) in [6, 6.07) is 14.8. The lowest BCUT2D eigenvalue weighted by Crippen LogP contribution is -2.30. The van der Waals surface area contributed by atoms with Crippen LogP contribution < -0.4 is 14.8 Å². The van der Waals surface area contributed by atoms with Crippen LogP contribution in [0.2, 0.25) is 0 Å². The van der Waals surface area contributed by atoms with Crippen LogP contribution in [0.5, 0.6) is 5.75 Å². The molecule has 0 aliphatic carbocycles. The van der Waals surface area contributed by atoms with Gasteiger partial charge in [0, 0.05) is 11.9 Å². The number of aromatic nitrogens is 1. The van der Waals surface area contributed by atoms with E-state index in [1.54, 1.807) is 25.1 Å². The van der Waals surface area contributed by atoms with Gasteiger partial charge in [-0.3, -0.25) is 9.52 Å². The quantitative estimate of drug-likeness (QED) is 0.575. The molecule has 1 aromatic heterocycles. The number of ether oxygens (including phenoxy) is 1. The second kappa shape index (κ2) is 9.18. The normalized spacial score (nSPS) is 12.1. The van der Waals surface area contributed by atoms with Crippen molar-refractivity contribution in [3.63, 3.8) is 0 Å². The molecule has 2 N–H and O–H groups in total. The Morgan fingerprint density at radius 1 is 1.03 bits per heavy atom. The molecule has 0 saturated heterocycles. The first-order valence-corrected chi connectivity index (χ1v) is 11.2. The van der Waals surface area contributed by atoms with E-state index in [1.807, 2.05) is 26.8 Å². The molecule has 0 radical (unpaired) electrons. The van der Waals surface area contributed by atoms with Crippen molar-refractivity contribution in [1.29, 1.82) is 0 Å². The fraction of sp³-hybridized carbons (Fsp3) is 0.217. The number of pyridine rings is 1. The molecule has 1 heterocycles. The van der Waals surface area contributed by atoms with Crippen molar-refractivity contribution in [1.82, 2.24) is 4.98 Å². The number of carbonyl (C=O) groups excluding carboxylic acids is 1. The topological polar surface area (TPSA) is 97.4 Å². The van der Waals surface area contributed by atoms with Crippen LogP contribution in [0.15, 0.2) is 65.7 Å². The molecule has 7 nitrogen and oxygen atoms in total. The van der Waals surface area contributed by atoms with E-state index in [9.17, 15) is 13.2 Å². The second-order valence-electron chi connectivity index (χ2n) is 7.30. The van der Waals surface area contributed by atoms with Crippen LogP contribution in [0.4, 0.5) is 11.5 Å². The number of nitrogens with one attached hydrogen (secondary N) is 2. The van der Waals surface area contributed by atoms with Crippen LogP contribution in [0, 0.1) is 20.8 Å². The number of hydrogen-bond donors (Lipinski definition) is 2. The van der Waals surface area contributed by atoms with Gasteiger partial charge in [0.05, 0.1) is 4.90 Å². The van der Waals surface area contributed by atoms with Gasteiger partial charge in [0.25, 0.3) is 15.9 Å². The SMILES string of the molecule is Cc1cc(C)c(C)c(O[C@H](C)C(=O)Nc2ccc(S(=O)(=O)Nc3ccccn3)cc2)c1. The highest BCUT2D eigenvalue weighted by Crippen LogP contribution is 2.25. The minimum atomic E-state index is -3.78. The molecule has 0 unspecified atom stereocenters. The molecule has 1 amide bonds. The predicted molar refractivity (Wildman–Crippen MR) is 121 cm³/mol. The molecule has 0 fully saturated rings. The van der Waals surface area contributed by atoms with Crippen LogP contribution in [0.3, 0.4) is 0 Å². The van der Waals surface area contributed by atoms with Gasteiger partial charge < -0.3 is 10.1 Å². The van der Waals surface area contributed by atoms with Gasteiger partial charge >= 0.3 is 0 Å². The first kappa shape index (κ1) is 22.3. The highest BCUT2D eigenvalue weighted by atomic mass is 32.2. The van der Waals surface area contributed by atoms with E-state index >= 15 is 0 Å². The van der Waals surface area contributed by atoms with Crippen molar-refractivity contribution in [2.75, 3.05) is 10.0 Å². The number of benzene rings is 2. The molecule has 3 rings (SSSR count). The van der Waals surface area contributed by atoms with E-state index in [-0.39, 0.29) is 16.6 Å². The van der Waals surface area contributed by atoms with Crippen molar-refractivity contribution in [3.05, 3.63) is 77.5 Å². The number of nitrogens with zero attached hydrogens (tertiary/aromatic N) is 1. The minimum absolute atomic E-state index is 0.0614. The fourth-order valence-electron chi connectivity index (χ4n) is 2.95. The Labute approximate surface area is 182 Å². The zero-order chi connectivity index (χ0) is 22.6. The van der Waals surface area contributed by atoms with E-state index in [0.717, 1.165) is 16.7 Å². The van der Waals surface area contributed by atoms with Crippen LogP contribution >= 0.6 is 0 Å². The number of aryl methyl sites for hydroxylation is 2. The number of rotatable bonds is 7. The van der Waals surface area contributed by atoms with Crippen molar-refractivity contribution in [2.24, 2.45) is 0 Å². The zero-order valence-corrected chi connectivity index (χ0v) is 18.7. The summed E-state index contributed by atoms with van der Waals surface area (Å²) >= 11 is 0. The third kappa shape index (κ3) is 5.61. The maximum atomic E-state index is 12.5. The summed E-state index contributed by atoms with van der Waals surface area (Å²) in [5.74, 6) is 0.565. The van der Waals surface area contributed by atoms with E-state index in [2.05, 4.69) is 21.1 Å². The van der Waals surface area contributed by atoms with Gasteiger partial charge in [0.2, 0.25) is 0 Å². The number of anilines is 2. The molecule has 2 aromatic carbocycles. The monoisotopic (exact) mass is 439 g/mol. The number of amides is 1. The average Bonchev–Trinajstić information content (AvgIpc) is 2.72. The zero-order valence-electron chi connectivity index (χ0n) is 17.8. The second-order valence-corrected chi connectivity index (χ2v) is 8.98. The molecule has 0 saturated carbocycles. The standard InChI is InChI=1S/C23H25N3O4S/c1-15-13-16(2)17(3)21(14-15)30-18(4)23(27)25-19-8-10-20(11-9-19)31(28,29)26-22-7-5-6-12-24-22/h5-14,18H,1-4H3,(H,24,26)(H,25,27)/t18-/m1/s1. The van der Waals surface area contributed by atoms with Crippen LogP contribution in [-0.4, -0.2) is 25.4 Å². The molecule has 1 atom stereocenters. The minimum Gasteiger partial charge on any atom is -0.481 e. The number of carbonyl (C=O) groups is 1. The summed E-state index contributed by atoms with van der Waals surface area (Å²) in [6.07, 6.45) is 0.772. The average molecular weight is 440 g/mol. The largest absolute Gasteiger partial charge is 0.481 e. The molecule has 0 aliphatic heterocycles. The van der Waals surface area contributed by atoms with Gasteiger partial charge in [-0.1, -0.05) is 12.1 Å². The van der Waals surface area contributed by atoms with Gasteiger partial charge in [-0.05, 0) is 86.8 Å². The Hall–Kier alpha value is -3.39. The molecule has 162 valence electrons. The Morgan fingerprint density at radius 2 is 1.74 bits per heavy atom. The third-order valence-electron chi connectivity index (χ3n) is 4.77. The lowest BCUT2D eigenvalue weighted by molar-refractivity contribution is -0.122. The Balaban J connectivity index is 1.66. The van der Waals surface area contributed by atoms with Gasteiger partial charge in [-0.2, -0.15) is 0 Å². The lowest BCUT2D eigenvalue weighted by Gasteiger charge is -2.18. The van der Waals surface area contributed by atoms with Crippen LogP contribution in [-0.2, 0) is 14.8 Å². The Morgan fingerprint density at radius 3 is 2.39 bits per heavy atom. The lowest BCUT2D eigenvalue weighted by atomic mass is 10.1. The van der Waals surface area contributed by atoms with E-state index in [0.29, 0.717) is 11.4 Å². The fourth-order valence-corrected chi connectivity index (χ4v) is 3.96. The Bertz CT molecular complexity index is 1180. The van der Waals surface area contributed by atoms with Crippen molar-refractivity contribution in [2.45, 2.75) is 38.7 Å². The smallest absolute Gasteiger partial charge is 0.265 e. The van der Waals surface area contributed by atoms with E-state index in [1.165, 1.54) is 30.5 Å². The molecular weight excluding hydrogens is 414 g/mol. The molecule has 0 spiro atoms. The van der Waals surface area contributed by atoms with Crippen molar-refractivity contribution >= 4 is 27.4 Å². The molecular formula is C23H25N3O4S. The highest BCUT2D eigenvalue weighted by Gasteiger charge is 2.18. The molecule has 0 aliphatic rings. The van der Waals surface area contributed by atoms with Crippen molar-refractivity contribution < 1.29 is 17.9 Å². The summed E-state index contributed by atoms with van der Waals surface area (Å²) < 4.78 is 33.2. The maximum absolute atomic E-state index is 12.5. The summed E-state index contributed by atoms with van der Waals surface area (Å²) in [7, 11) is -3.78. The molecule has 31 heavy (non-hydrogen) atoms. The highest BCUT2D eigenvalue weighted by molar-refractivity contribution is 7.92. The summed E-state index contributed by atoms with van der Waals surface area (Å²) in [4.78, 5) is 16.6. The molecule has 8 heteroatoms. The summed E-state index contributed by atoms with van der Waals surface area (Å²) in [5.41, 5.74) is 3.61. The summed E-state index contributed by atoms with van der Waals surface area (Å²) in [5, 5.41) is 2.75. The first-order chi connectivity index (χ1) is 14.7. The maximum Gasteiger partial charge on any atom is 0.265 e. The van der Waals surface area contributed by atoms with Gasteiger partial charge in [-0.15, -0.1) is 0 Å². The predicted octanol–water partition coefficient (Wildman–Crippen LogP) is 4.21. The first-order valence-electron chi connectivity index (χ1n) is 9.75. The van der Waals surface area contributed by atoms with Gasteiger partial charge in [-0.25, -0.2) is 13.4 Å². The van der Waals surface area contributed by atoms with Crippen LogP contribution in [0.1, 0.15) is 23.6 Å². The Kier molecular flexibility index (Phi) is 6.60. The van der Waals surface area contributed by atoms with E-state index < -0.39 is 16.1 Å². The molecule has 0 bridgehead atoms. The van der Waals surface area contributed by atoms with Gasteiger partial charge in [0.1, 0.15) is 11.6 Å². The number of hydrogen-bond acceptors (Lipinski definition) is 5. The third-order valence-corrected chi connectivity index (χ3v) is 6.14. The van der Waals surface area contributed by atoms with E-state index in [4.69, 9.17) is 4.74 Å². The summed E-state index contributed by atoms with van der Waals surface area (Å²) in [6.45, 7) is 7.59. The van der Waals surface area contributed by atoms with Crippen LogP contribution in [0.25, 0.3) is 0 Å². The van der Waals surface area contributed by atoms with Gasteiger partial charge in [0.15, 0.2) is 6.10 Å². The van der Waals surface area contributed by atoms with Crippen molar-refractivity contribution in [3.8, 4) is 5.75 Å². The number of sulfonamides is 1. The molecule has 3 aromatic rings.